The second-order valence-corrected chi connectivity index (χ2v) is 12.5. The van der Waals surface area contributed by atoms with Crippen LogP contribution in [0.4, 0.5) is 5.69 Å². The molecule has 234 valence electrons. The Bertz CT molecular complexity index is 1410. The first-order valence-corrected chi connectivity index (χ1v) is 15.7. The topological polar surface area (TPSA) is 78.0 Å². The van der Waals surface area contributed by atoms with Gasteiger partial charge < -0.3 is 24.8 Å². The Morgan fingerprint density at radius 1 is 0.977 bits per heavy atom. The van der Waals surface area contributed by atoms with E-state index in [2.05, 4.69) is 50.4 Å². The summed E-state index contributed by atoms with van der Waals surface area (Å²) in [6.07, 6.45) is 5.83. The number of hydrogen-bond donors (Lipinski definition) is 1. The van der Waals surface area contributed by atoms with Gasteiger partial charge in [-0.2, -0.15) is 0 Å². The minimum Gasteiger partial charge on any atom is -0.478 e. The molecule has 3 fully saturated rings. The molecule has 9 heteroatoms. The van der Waals surface area contributed by atoms with E-state index in [1.54, 1.807) is 0 Å². The maximum absolute atomic E-state index is 13.9. The molecule has 3 aliphatic rings. The molecule has 2 saturated heterocycles. The van der Waals surface area contributed by atoms with Crippen molar-refractivity contribution in [1.29, 1.82) is 0 Å². The maximum atomic E-state index is 13.9. The fourth-order valence-electron chi connectivity index (χ4n) is 6.26. The van der Waals surface area contributed by atoms with Crippen molar-refractivity contribution in [3.63, 3.8) is 0 Å². The lowest BCUT2D eigenvalue weighted by atomic mass is 9.95. The Kier molecular flexibility index (Phi) is 10.1. The van der Waals surface area contributed by atoms with E-state index in [0.29, 0.717) is 38.0 Å². The number of piperidine rings is 1. The average molecular weight is 618 g/mol. The summed E-state index contributed by atoms with van der Waals surface area (Å²) in [6.45, 7) is 8.93. The molecular formula is C35H44ClN5O3. The van der Waals surface area contributed by atoms with Crippen LogP contribution in [0, 0.1) is 5.92 Å². The quantitative estimate of drug-likeness (QED) is 0.357. The summed E-state index contributed by atoms with van der Waals surface area (Å²) in [5, 5.41) is 3.29. The highest BCUT2D eigenvalue weighted by Gasteiger charge is 2.38. The highest BCUT2D eigenvalue weighted by atomic mass is 35.5. The van der Waals surface area contributed by atoms with E-state index in [1.807, 2.05) is 61.3 Å². The zero-order chi connectivity index (χ0) is 29.8. The van der Waals surface area contributed by atoms with Gasteiger partial charge in [0.15, 0.2) is 5.60 Å². The third kappa shape index (κ3) is 7.53. The SMILES string of the molecule is CC(C)(Oc1cccc(N2CCCC(C(=O)N(Cc3ccc(-c4ccccn4)cc3)C3CC3)C2)c1)C(=O)N1CCNCC1.Cl. The van der Waals surface area contributed by atoms with Gasteiger partial charge in [0, 0.05) is 75.4 Å². The number of nitrogens with one attached hydrogen (secondary N) is 1. The monoisotopic (exact) mass is 617 g/mol. The van der Waals surface area contributed by atoms with Crippen LogP contribution in [-0.2, 0) is 16.1 Å². The Morgan fingerprint density at radius 2 is 1.75 bits per heavy atom. The van der Waals surface area contributed by atoms with Crippen LogP contribution in [0.1, 0.15) is 45.1 Å². The van der Waals surface area contributed by atoms with E-state index < -0.39 is 5.60 Å². The molecular weight excluding hydrogens is 574 g/mol. The molecule has 2 aliphatic heterocycles. The molecule has 0 radical (unpaired) electrons. The van der Waals surface area contributed by atoms with Gasteiger partial charge >= 0.3 is 0 Å². The lowest BCUT2D eigenvalue weighted by Crippen LogP contribution is -2.54. The lowest BCUT2D eigenvalue weighted by Gasteiger charge is -2.37. The first-order chi connectivity index (χ1) is 20.9. The van der Waals surface area contributed by atoms with Gasteiger partial charge in [-0.05, 0) is 69.4 Å². The van der Waals surface area contributed by atoms with Gasteiger partial charge in [0.05, 0.1) is 11.6 Å². The highest BCUT2D eigenvalue weighted by molar-refractivity contribution is 5.85. The van der Waals surface area contributed by atoms with Gasteiger partial charge in [-0.15, -0.1) is 12.4 Å². The van der Waals surface area contributed by atoms with Crippen molar-refractivity contribution in [2.45, 2.75) is 57.7 Å². The molecule has 2 aromatic carbocycles. The molecule has 1 unspecified atom stereocenters. The number of hydrogen-bond acceptors (Lipinski definition) is 6. The number of aromatic nitrogens is 1. The standard InChI is InChI=1S/C35H43N5O3.ClH/c1-35(2,34(42)38-21-18-36-19-22-38)43-31-9-5-8-30(23-31)39-20-6-7-28(25-39)33(41)40(29-15-16-29)24-26-11-13-27(14-12-26)32-10-3-4-17-37-32;/h3-5,8-14,17,23,28-29,36H,6-7,15-16,18-22,24-25H2,1-2H3;1H. The van der Waals surface area contributed by atoms with Crippen molar-refractivity contribution in [1.82, 2.24) is 20.1 Å². The first kappa shape index (κ1) is 31.8. The van der Waals surface area contributed by atoms with Crippen molar-refractivity contribution < 1.29 is 14.3 Å². The molecule has 8 nitrogen and oxygen atoms in total. The van der Waals surface area contributed by atoms with Crippen LogP contribution in [0.15, 0.2) is 72.9 Å². The molecule has 0 bridgehead atoms. The molecule has 0 spiro atoms. The molecule has 3 heterocycles. The van der Waals surface area contributed by atoms with E-state index in [0.717, 1.165) is 67.8 Å². The lowest BCUT2D eigenvalue weighted by molar-refractivity contribution is -0.146. The third-order valence-corrected chi connectivity index (χ3v) is 8.78. The summed E-state index contributed by atoms with van der Waals surface area (Å²) in [4.78, 5) is 37.9. The Labute approximate surface area is 267 Å². The number of ether oxygens (including phenoxy) is 1. The predicted molar refractivity (Wildman–Crippen MR) is 176 cm³/mol. The number of nitrogens with zero attached hydrogens (tertiary/aromatic N) is 4. The van der Waals surface area contributed by atoms with E-state index in [1.165, 1.54) is 0 Å². The highest BCUT2D eigenvalue weighted by Crippen LogP contribution is 2.34. The van der Waals surface area contributed by atoms with Crippen LogP contribution in [0.25, 0.3) is 11.3 Å². The number of carbonyl (C=O) groups excluding carboxylic acids is 2. The van der Waals surface area contributed by atoms with Crippen molar-refractivity contribution >= 4 is 29.9 Å². The van der Waals surface area contributed by atoms with Gasteiger partial charge in [-0.1, -0.05) is 36.4 Å². The fourth-order valence-corrected chi connectivity index (χ4v) is 6.26. The first-order valence-electron chi connectivity index (χ1n) is 15.7. The largest absolute Gasteiger partial charge is 0.478 e. The summed E-state index contributed by atoms with van der Waals surface area (Å²) in [5.74, 6) is 0.899. The molecule has 3 aromatic rings. The normalized spacial score (nSPS) is 18.7. The Balaban J connectivity index is 0.00000384. The van der Waals surface area contributed by atoms with Crippen molar-refractivity contribution in [2.24, 2.45) is 5.92 Å². The minimum atomic E-state index is -0.961. The van der Waals surface area contributed by atoms with Gasteiger partial charge in [-0.25, -0.2) is 0 Å². The summed E-state index contributed by atoms with van der Waals surface area (Å²) in [7, 11) is 0. The number of carbonyl (C=O) groups is 2. The number of piperazine rings is 1. The molecule has 1 saturated carbocycles. The van der Waals surface area contributed by atoms with E-state index in [4.69, 9.17) is 4.74 Å². The molecule has 6 rings (SSSR count). The summed E-state index contributed by atoms with van der Waals surface area (Å²) >= 11 is 0. The van der Waals surface area contributed by atoms with Gasteiger partial charge in [-0.3, -0.25) is 14.6 Å². The predicted octanol–water partition coefficient (Wildman–Crippen LogP) is 5.17. The molecule has 1 atom stereocenters. The number of amides is 2. The van der Waals surface area contributed by atoms with Crippen molar-refractivity contribution in [3.05, 3.63) is 78.5 Å². The zero-order valence-corrected chi connectivity index (χ0v) is 26.6. The van der Waals surface area contributed by atoms with Crippen LogP contribution in [0.2, 0.25) is 0 Å². The van der Waals surface area contributed by atoms with Crippen LogP contribution in [0.3, 0.4) is 0 Å². The number of rotatable bonds is 9. The Hall–Kier alpha value is -3.62. The van der Waals surface area contributed by atoms with Crippen molar-refractivity contribution in [3.8, 4) is 17.0 Å². The van der Waals surface area contributed by atoms with E-state index in [-0.39, 0.29) is 30.1 Å². The molecule has 44 heavy (non-hydrogen) atoms. The van der Waals surface area contributed by atoms with Crippen LogP contribution < -0.4 is 15.0 Å². The summed E-state index contributed by atoms with van der Waals surface area (Å²) < 4.78 is 6.29. The molecule has 1 aromatic heterocycles. The fraction of sp³-hybridized carbons (Fsp3) is 0.457. The second-order valence-electron chi connectivity index (χ2n) is 12.5. The maximum Gasteiger partial charge on any atom is 0.266 e. The number of pyridine rings is 1. The molecule has 2 amide bonds. The minimum absolute atomic E-state index is 0. The van der Waals surface area contributed by atoms with E-state index in [9.17, 15) is 9.59 Å². The summed E-state index contributed by atoms with van der Waals surface area (Å²) in [5.41, 5.74) is 3.26. The van der Waals surface area contributed by atoms with Gasteiger partial charge in [0.1, 0.15) is 5.75 Å². The van der Waals surface area contributed by atoms with Crippen molar-refractivity contribution in [2.75, 3.05) is 44.2 Å². The number of benzene rings is 2. The summed E-state index contributed by atoms with van der Waals surface area (Å²) in [6, 6.07) is 22.7. The number of halogens is 1. The van der Waals surface area contributed by atoms with E-state index >= 15 is 0 Å². The van der Waals surface area contributed by atoms with Crippen LogP contribution in [-0.4, -0.2) is 77.5 Å². The van der Waals surface area contributed by atoms with Crippen LogP contribution in [0.5, 0.6) is 5.75 Å². The van der Waals surface area contributed by atoms with Gasteiger partial charge in [0.2, 0.25) is 5.91 Å². The third-order valence-electron chi connectivity index (χ3n) is 8.78. The Morgan fingerprint density at radius 3 is 2.45 bits per heavy atom. The average Bonchev–Trinajstić information content (AvgIpc) is 3.90. The van der Waals surface area contributed by atoms with Gasteiger partial charge in [0.25, 0.3) is 5.91 Å². The van der Waals surface area contributed by atoms with Crippen LogP contribution >= 0.6 is 12.4 Å². The molecule has 1 aliphatic carbocycles. The number of anilines is 1. The smallest absolute Gasteiger partial charge is 0.266 e. The second kappa shape index (κ2) is 14.0. The zero-order valence-electron chi connectivity index (χ0n) is 25.8. The molecule has 1 N–H and O–H groups in total.